The standard InChI is InChI=1S/C16H24F3N5O8P2S2.C7H8O2/c1-35-7-5-20-13-12-14(23-15(22-13)36-6-4-16(17,18)19)24(9-21-12)11-3-2-10(31-11)8-30-34(28,29)32-33(25,26)27;8-7(9)6-4-2-1-3-5-6/h9-11H,2-8H2,1H3,(H,28,29)(H,20,22,23)(H2,25,26,27);1-5,7-9H. The number of benzene rings is 1. The van der Waals surface area contributed by atoms with Crippen LogP contribution in [0.3, 0.4) is 0 Å². The number of hydrogen-bond donors (Lipinski definition) is 6. The summed E-state index contributed by atoms with van der Waals surface area (Å²) >= 11 is 2.46. The highest BCUT2D eigenvalue weighted by Gasteiger charge is 2.35. The van der Waals surface area contributed by atoms with Gasteiger partial charge in [0.1, 0.15) is 6.23 Å². The Morgan fingerprint density at radius 3 is 2.44 bits per heavy atom. The van der Waals surface area contributed by atoms with Gasteiger partial charge in [0.2, 0.25) is 0 Å². The average Bonchev–Trinajstić information content (AvgIpc) is 3.58. The Hall–Kier alpha value is -1.80. The van der Waals surface area contributed by atoms with E-state index in [1.165, 1.54) is 6.33 Å². The first-order chi connectivity index (χ1) is 21.1. The molecule has 45 heavy (non-hydrogen) atoms. The van der Waals surface area contributed by atoms with Crippen molar-refractivity contribution in [2.24, 2.45) is 0 Å². The normalized spacial score (nSPS) is 18.5. The SMILES string of the molecule is CSCCNc1nc(SCCC(F)(F)F)nc2c1ncn2C1CCC(COP(=O)(O)OP(=O)(O)O)O1.OC(O)c1ccccc1. The molecular formula is C23H32F3N5O10P2S2. The second-order valence-electron chi connectivity index (χ2n) is 9.22. The summed E-state index contributed by atoms with van der Waals surface area (Å²) in [6.45, 7) is 0.0654. The Bertz CT molecular complexity index is 1470. The van der Waals surface area contributed by atoms with Crippen LogP contribution in [0.2, 0.25) is 0 Å². The maximum atomic E-state index is 12.6. The Labute approximate surface area is 263 Å². The summed E-state index contributed by atoms with van der Waals surface area (Å²) in [4.78, 5) is 39.8. The van der Waals surface area contributed by atoms with Crippen LogP contribution < -0.4 is 5.32 Å². The van der Waals surface area contributed by atoms with Gasteiger partial charge in [-0.3, -0.25) is 9.09 Å². The second-order valence-corrected chi connectivity index (χ2v) is 14.1. The van der Waals surface area contributed by atoms with Crippen LogP contribution in [0, 0.1) is 0 Å². The fourth-order valence-corrected chi connectivity index (χ4v) is 6.55. The number of anilines is 1. The molecule has 15 nitrogen and oxygen atoms in total. The minimum absolute atomic E-state index is 0.133. The van der Waals surface area contributed by atoms with Crippen LogP contribution in [-0.4, -0.2) is 87.6 Å². The van der Waals surface area contributed by atoms with Crippen molar-refractivity contribution in [3.63, 3.8) is 0 Å². The van der Waals surface area contributed by atoms with E-state index in [1.54, 1.807) is 40.6 Å². The van der Waals surface area contributed by atoms with Crippen molar-refractivity contribution in [1.82, 2.24) is 19.5 Å². The number of alkyl halides is 3. The average molecular weight is 722 g/mol. The second kappa shape index (κ2) is 16.9. The third-order valence-corrected chi connectivity index (χ3v) is 9.36. The summed E-state index contributed by atoms with van der Waals surface area (Å²) in [6.07, 6.45) is -3.85. The van der Waals surface area contributed by atoms with Crippen molar-refractivity contribution < 1.29 is 60.8 Å². The number of nitrogens with zero attached hydrogens (tertiary/aromatic N) is 4. The number of fused-ring (bicyclic) bond motifs is 1. The number of thioether (sulfide) groups is 2. The fraction of sp³-hybridized carbons (Fsp3) is 0.522. The van der Waals surface area contributed by atoms with Gasteiger partial charge in [-0.15, -0.1) is 0 Å². The predicted molar refractivity (Wildman–Crippen MR) is 159 cm³/mol. The maximum absolute atomic E-state index is 12.6. The van der Waals surface area contributed by atoms with Crippen LogP contribution in [0.1, 0.15) is 37.3 Å². The van der Waals surface area contributed by atoms with Crippen molar-refractivity contribution in [3.8, 4) is 0 Å². The summed E-state index contributed by atoms with van der Waals surface area (Å²) in [5.41, 5.74) is 1.25. The molecule has 3 unspecified atom stereocenters. The van der Waals surface area contributed by atoms with Gasteiger partial charge in [0, 0.05) is 23.6 Å². The van der Waals surface area contributed by atoms with E-state index in [1.807, 2.05) is 12.3 Å². The minimum Gasteiger partial charge on any atom is -0.367 e. The van der Waals surface area contributed by atoms with Crippen LogP contribution in [0.15, 0.2) is 41.8 Å². The van der Waals surface area contributed by atoms with E-state index >= 15 is 0 Å². The molecule has 0 aliphatic carbocycles. The monoisotopic (exact) mass is 721 g/mol. The van der Waals surface area contributed by atoms with E-state index in [9.17, 15) is 27.2 Å². The molecule has 0 bridgehead atoms. The first-order valence-corrected chi connectivity index (χ1v) is 18.4. The Morgan fingerprint density at radius 2 is 1.84 bits per heavy atom. The first-order valence-electron chi connectivity index (χ1n) is 13.0. The van der Waals surface area contributed by atoms with Crippen LogP contribution in [0.4, 0.5) is 19.0 Å². The zero-order valence-corrected chi connectivity index (χ0v) is 27.0. The largest absolute Gasteiger partial charge is 0.481 e. The zero-order valence-electron chi connectivity index (χ0n) is 23.6. The van der Waals surface area contributed by atoms with Crippen molar-refractivity contribution in [2.75, 3.05) is 36.2 Å². The lowest BCUT2D eigenvalue weighted by atomic mass is 10.2. The lowest BCUT2D eigenvalue weighted by Crippen LogP contribution is -2.16. The van der Waals surface area contributed by atoms with Gasteiger partial charge in [-0.2, -0.15) is 29.2 Å². The molecule has 0 amide bonds. The summed E-state index contributed by atoms with van der Waals surface area (Å²) in [6, 6.07) is 8.66. The number of ether oxygens (including phenoxy) is 1. The highest BCUT2D eigenvalue weighted by Crippen LogP contribution is 2.57. The summed E-state index contributed by atoms with van der Waals surface area (Å²) < 4.78 is 75.9. The number of imidazole rings is 1. The molecule has 3 heterocycles. The van der Waals surface area contributed by atoms with Gasteiger partial charge >= 0.3 is 21.8 Å². The third-order valence-electron chi connectivity index (χ3n) is 5.74. The molecular weight excluding hydrogens is 689 g/mol. The number of aromatic nitrogens is 4. The molecule has 1 saturated heterocycles. The summed E-state index contributed by atoms with van der Waals surface area (Å²) in [7, 11) is -10.3. The summed E-state index contributed by atoms with van der Waals surface area (Å²) in [5.74, 6) is 0.873. The van der Waals surface area contributed by atoms with E-state index < -0.39 is 53.5 Å². The number of aliphatic hydroxyl groups excluding tert-OH is 1. The van der Waals surface area contributed by atoms with Gasteiger partial charge in [0.25, 0.3) is 0 Å². The van der Waals surface area contributed by atoms with Gasteiger partial charge in [-0.05, 0) is 19.1 Å². The van der Waals surface area contributed by atoms with Crippen LogP contribution >= 0.6 is 39.2 Å². The highest BCUT2D eigenvalue weighted by molar-refractivity contribution is 7.99. The van der Waals surface area contributed by atoms with E-state index in [0.717, 1.165) is 17.5 Å². The molecule has 252 valence electrons. The molecule has 4 rings (SSSR count). The molecule has 22 heteroatoms. The van der Waals surface area contributed by atoms with Crippen LogP contribution in [0.25, 0.3) is 11.2 Å². The van der Waals surface area contributed by atoms with Crippen molar-refractivity contribution in [2.45, 2.75) is 49.2 Å². The van der Waals surface area contributed by atoms with Gasteiger partial charge in [0.15, 0.2) is 28.4 Å². The first kappa shape index (κ1) is 37.7. The van der Waals surface area contributed by atoms with Gasteiger partial charge in [-0.25, -0.2) is 24.1 Å². The van der Waals surface area contributed by atoms with Crippen molar-refractivity contribution in [3.05, 3.63) is 42.2 Å². The zero-order chi connectivity index (χ0) is 33.3. The lowest BCUT2D eigenvalue weighted by molar-refractivity contribution is -0.129. The maximum Gasteiger partial charge on any atom is 0.481 e. The number of aliphatic hydroxyl groups is 2. The van der Waals surface area contributed by atoms with Crippen LogP contribution in [-0.2, 0) is 22.7 Å². The molecule has 0 spiro atoms. The van der Waals surface area contributed by atoms with E-state index in [2.05, 4.69) is 29.1 Å². The molecule has 0 radical (unpaired) electrons. The van der Waals surface area contributed by atoms with E-state index in [0.29, 0.717) is 41.9 Å². The molecule has 0 saturated carbocycles. The van der Waals surface area contributed by atoms with Gasteiger partial charge in [0.05, 0.1) is 25.5 Å². The predicted octanol–water partition coefficient (Wildman–Crippen LogP) is 4.22. The third kappa shape index (κ3) is 13.1. The number of halogens is 3. The van der Waals surface area contributed by atoms with Crippen molar-refractivity contribution >= 4 is 56.2 Å². The Kier molecular flexibility index (Phi) is 14.1. The molecule has 1 fully saturated rings. The molecule has 3 atom stereocenters. The van der Waals surface area contributed by atoms with E-state index in [-0.39, 0.29) is 10.9 Å². The Balaban J connectivity index is 0.000000525. The topological polar surface area (TPSA) is 219 Å². The van der Waals surface area contributed by atoms with Crippen molar-refractivity contribution in [1.29, 1.82) is 0 Å². The van der Waals surface area contributed by atoms with Gasteiger partial charge < -0.3 is 34.9 Å². The smallest absolute Gasteiger partial charge is 0.367 e. The number of phosphoric ester groups is 1. The molecule has 1 aromatic carbocycles. The molecule has 3 aromatic rings. The quantitative estimate of drug-likeness (QED) is 0.0451. The lowest BCUT2D eigenvalue weighted by Gasteiger charge is -2.17. The number of hydrogen-bond acceptors (Lipinski definition) is 13. The number of rotatable bonds is 14. The summed E-state index contributed by atoms with van der Waals surface area (Å²) in [5, 5.41) is 20.4. The van der Waals surface area contributed by atoms with Crippen LogP contribution in [0.5, 0.6) is 0 Å². The number of phosphoric acid groups is 2. The minimum atomic E-state index is -5.24. The number of nitrogens with one attached hydrogen (secondary N) is 1. The molecule has 1 aliphatic rings. The molecule has 1 aliphatic heterocycles. The fourth-order valence-electron chi connectivity index (χ4n) is 3.80. The van der Waals surface area contributed by atoms with Gasteiger partial charge in [-0.1, -0.05) is 42.1 Å². The molecule has 6 N–H and O–H groups in total. The van der Waals surface area contributed by atoms with E-state index in [4.69, 9.17) is 24.7 Å². The highest BCUT2D eigenvalue weighted by atomic mass is 32.2. The Morgan fingerprint density at radius 1 is 1.13 bits per heavy atom. The molecule has 2 aromatic heterocycles.